The van der Waals surface area contributed by atoms with Gasteiger partial charge in [0.05, 0.1) is 5.69 Å². The number of halogens is 1. The van der Waals surface area contributed by atoms with E-state index in [2.05, 4.69) is 10.3 Å². The van der Waals surface area contributed by atoms with Crippen LogP contribution in [-0.4, -0.2) is 21.9 Å². The first-order valence-electron chi connectivity index (χ1n) is 11.0. The van der Waals surface area contributed by atoms with Crippen LogP contribution >= 0.6 is 11.3 Å². The molecule has 174 valence electrons. The van der Waals surface area contributed by atoms with E-state index >= 15 is 0 Å². The Morgan fingerprint density at radius 2 is 1.88 bits per heavy atom. The van der Waals surface area contributed by atoms with Crippen LogP contribution in [0.25, 0.3) is 4.96 Å². The van der Waals surface area contributed by atoms with E-state index in [9.17, 15) is 14.0 Å². The number of ether oxygens (including phenoxy) is 2. The van der Waals surface area contributed by atoms with Crippen LogP contribution in [-0.2, 0) is 24.2 Å². The number of hydrogen-bond acceptors (Lipinski definition) is 6. The van der Waals surface area contributed by atoms with Gasteiger partial charge in [0.1, 0.15) is 12.4 Å². The number of para-hydroxylation sites is 1. The van der Waals surface area contributed by atoms with Crippen molar-refractivity contribution < 1.29 is 18.7 Å². The number of rotatable bonds is 7. The van der Waals surface area contributed by atoms with E-state index in [0.29, 0.717) is 22.1 Å². The Bertz CT molecular complexity index is 1400. The first kappa shape index (κ1) is 22.1. The van der Waals surface area contributed by atoms with Gasteiger partial charge in [-0.25, -0.2) is 9.37 Å². The summed E-state index contributed by atoms with van der Waals surface area (Å²) in [6.07, 6.45) is 4.18. The molecule has 2 aromatic heterocycles. The first-order chi connectivity index (χ1) is 16.6. The number of fused-ring (bicyclic) bond motifs is 3. The van der Waals surface area contributed by atoms with Crippen molar-refractivity contribution in [1.29, 1.82) is 0 Å². The summed E-state index contributed by atoms with van der Waals surface area (Å²) in [5.41, 5.74) is 2.16. The van der Waals surface area contributed by atoms with Gasteiger partial charge in [0.2, 0.25) is 0 Å². The minimum absolute atomic E-state index is 0.0237. The largest absolute Gasteiger partial charge is 0.487 e. The summed E-state index contributed by atoms with van der Waals surface area (Å²) in [6.45, 7) is -0.147. The number of nitrogens with zero attached hydrogens (tertiary/aromatic N) is 2. The molecule has 0 saturated heterocycles. The van der Waals surface area contributed by atoms with Crippen molar-refractivity contribution in [2.75, 3.05) is 11.9 Å². The Hall–Kier alpha value is -3.72. The number of carbonyl (C=O) groups is 1. The summed E-state index contributed by atoms with van der Waals surface area (Å²) >= 11 is 1.59. The van der Waals surface area contributed by atoms with Crippen molar-refractivity contribution in [2.24, 2.45) is 0 Å². The molecule has 5 rings (SSSR count). The molecule has 1 amide bonds. The van der Waals surface area contributed by atoms with Gasteiger partial charge in [-0.05, 0) is 62.1 Å². The normalized spacial score (nSPS) is 12.9. The number of aromatic nitrogens is 2. The van der Waals surface area contributed by atoms with Crippen LogP contribution in [0, 0.1) is 5.82 Å². The Morgan fingerprint density at radius 1 is 1.09 bits per heavy atom. The van der Waals surface area contributed by atoms with Crippen molar-refractivity contribution in [3.8, 4) is 11.5 Å². The Balaban J connectivity index is 1.18. The molecule has 0 radical (unpaired) electrons. The third-order valence-corrected chi connectivity index (χ3v) is 6.68. The van der Waals surface area contributed by atoms with Crippen molar-refractivity contribution in [3.63, 3.8) is 0 Å². The third kappa shape index (κ3) is 4.79. The van der Waals surface area contributed by atoms with Gasteiger partial charge in [-0.2, -0.15) is 0 Å². The lowest BCUT2D eigenvalue weighted by Gasteiger charge is -2.10. The van der Waals surface area contributed by atoms with E-state index in [4.69, 9.17) is 9.47 Å². The average Bonchev–Trinajstić information content (AvgIpc) is 3.22. The predicted molar refractivity (Wildman–Crippen MR) is 127 cm³/mol. The second kappa shape index (κ2) is 9.64. The quantitative estimate of drug-likeness (QED) is 0.426. The van der Waals surface area contributed by atoms with Gasteiger partial charge in [0.25, 0.3) is 11.5 Å². The van der Waals surface area contributed by atoms with E-state index in [0.717, 1.165) is 31.4 Å². The zero-order chi connectivity index (χ0) is 23.5. The highest BCUT2D eigenvalue weighted by atomic mass is 32.1. The van der Waals surface area contributed by atoms with Crippen molar-refractivity contribution in [2.45, 2.75) is 32.3 Å². The molecular formula is C25H22FN3O4S. The molecule has 0 spiro atoms. The zero-order valence-corrected chi connectivity index (χ0v) is 19.1. The number of carbonyl (C=O) groups excluding carboxylic acids is 1. The lowest BCUT2D eigenvalue weighted by atomic mass is 10.0. The molecule has 0 unspecified atom stereocenters. The fraction of sp³-hybridized carbons (Fsp3) is 0.240. The van der Waals surface area contributed by atoms with Crippen LogP contribution < -0.4 is 20.3 Å². The average molecular weight is 480 g/mol. The number of aryl methyl sites for hydroxylation is 2. The lowest BCUT2D eigenvalue weighted by Crippen LogP contribution is -2.20. The van der Waals surface area contributed by atoms with Gasteiger partial charge in [0.15, 0.2) is 23.1 Å². The number of thiazole rings is 1. The fourth-order valence-electron chi connectivity index (χ4n) is 3.91. The molecule has 0 aliphatic heterocycles. The van der Waals surface area contributed by atoms with Crippen molar-refractivity contribution >= 4 is 27.9 Å². The molecule has 1 aliphatic rings. The van der Waals surface area contributed by atoms with Crippen LogP contribution in [0.5, 0.6) is 11.5 Å². The molecule has 2 heterocycles. The molecule has 2 aromatic carbocycles. The Kier molecular flexibility index (Phi) is 6.27. The van der Waals surface area contributed by atoms with Gasteiger partial charge >= 0.3 is 0 Å². The van der Waals surface area contributed by atoms with E-state index in [1.165, 1.54) is 23.1 Å². The maximum Gasteiger partial charge on any atom is 0.262 e. The van der Waals surface area contributed by atoms with E-state index in [-0.39, 0.29) is 24.5 Å². The minimum atomic E-state index is -0.521. The minimum Gasteiger partial charge on any atom is -0.487 e. The highest BCUT2D eigenvalue weighted by Crippen LogP contribution is 2.28. The van der Waals surface area contributed by atoms with Gasteiger partial charge in [-0.1, -0.05) is 12.1 Å². The van der Waals surface area contributed by atoms with Crippen LogP contribution in [0.3, 0.4) is 0 Å². The number of benzene rings is 2. The summed E-state index contributed by atoms with van der Waals surface area (Å²) in [5.74, 6) is -0.330. The topological polar surface area (TPSA) is 81.9 Å². The number of nitrogens with one attached hydrogen (secondary N) is 1. The maximum atomic E-state index is 13.6. The molecular weight excluding hydrogens is 457 g/mol. The highest BCUT2D eigenvalue weighted by molar-refractivity contribution is 7.17. The van der Waals surface area contributed by atoms with E-state index < -0.39 is 11.7 Å². The van der Waals surface area contributed by atoms with E-state index in [1.807, 2.05) is 0 Å². The molecule has 0 atom stereocenters. The SMILES string of the molecule is O=C(COc1ccccc1F)Nc1ccc(OCc2cc(=O)n3c4c(sc3n2)CCCC4)cc1. The second-order valence-corrected chi connectivity index (χ2v) is 9.03. The molecule has 1 N–H and O–H groups in total. The summed E-state index contributed by atoms with van der Waals surface area (Å²) in [6, 6.07) is 14.2. The predicted octanol–water partition coefficient (Wildman–Crippen LogP) is 4.37. The monoisotopic (exact) mass is 479 g/mol. The van der Waals surface area contributed by atoms with Gasteiger partial charge in [0, 0.05) is 22.3 Å². The maximum absolute atomic E-state index is 13.6. The zero-order valence-electron chi connectivity index (χ0n) is 18.3. The van der Waals surface area contributed by atoms with E-state index in [1.54, 1.807) is 52.1 Å². The summed E-state index contributed by atoms with van der Waals surface area (Å²) in [4.78, 5) is 31.3. The Morgan fingerprint density at radius 3 is 2.71 bits per heavy atom. The van der Waals surface area contributed by atoms with Gasteiger partial charge in [-0.15, -0.1) is 11.3 Å². The third-order valence-electron chi connectivity index (χ3n) is 5.53. The molecule has 34 heavy (non-hydrogen) atoms. The molecule has 7 nitrogen and oxygen atoms in total. The number of hydrogen-bond donors (Lipinski definition) is 1. The second-order valence-electron chi connectivity index (χ2n) is 7.96. The highest BCUT2D eigenvalue weighted by Gasteiger charge is 2.18. The lowest BCUT2D eigenvalue weighted by molar-refractivity contribution is -0.118. The molecule has 9 heteroatoms. The molecule has 1 aliphatic carbocycles. The Labute approximate surface area is 198 Å². The molecule has 0 bridgehead atoms. The first-order valence-corrected chi connectivity index (χ1v) is 11.8. The standard InChI is InChI=1S/C25H22FN3O4S/c26-19-5-1-3-7-21(19)33-15-23(30)27-16-9-11-18(12-10-16)32-14-17-13-24(31)29-20-6-2-4-8-22(20)34-25(29)28-17/h1,3,5,7,9-13H,2,4,6,8,14-15H2,(H,27,30). The number of anilines is 1. The molecule has 0 saturated carbocycles. The molecule has 0 fully saturated rings. The van der Waals surface area contributed by atoms with Gasteiger partial charge < -0.3 is 14.8 Å². The smallest absolute Gasteiger partial charge is 0.262 e. The summed E-state index contributed by atoms with van der Waals surface area (Å²) in [7, 11) is 0. The summed E-state index contributed by atoms with van der Waals surface area (Å²) in [5, 5.41) is 2.69. The van der Waals surface area contributed by atoms with Gasteiger partial charge in [-0.3, -0.25) is 14.0 Å². The van der Waals surface area contributed by atoms with Crippen LogP contribution in [0.2, 0.25) is 0 Å². The van der Waals surface area contributed by atoms with Crippen molar-refractivity contribution in [1.82, 2.24) is 9.38 Å². The van der Waals surface area contributed by atoms with Crippen LogP contribution in [0.15, 0.2) is 59.4 Å². The van der Waals surface area contributed by atoms with Crippen LogP contribution in [0.4, 0.5) is 10.1 Å². The molecule has 4 aromatic rings. The van der Waals surface area contributed by atoms with Crippen molar-refractivity contribution in [3.05, 3.63) is 87.0 Å². The van der Waals surface area contributed by atoms with Crippen LogP contribution in [0.1, 0.15) is 29.1 Å². The fourth-order valence-corrected chi connectivity index (χ4v) is 5.14. The summed E-state index contributed by atoms with van der Waals surface area (Å²) < 4.78 is 26.3. The number of amides is 1.